The van der Waals surface area contributed by atoms with Gasteiger partial charge in [0.25, 0.3) is 0 Å². The summed E-state index contributed by atoms with van der Waals surface area (Å²) >= 11 is 12.2. The SMILES string of the molecule is CCCN1CCC(O)(c2cccc(Cl)c2Cl)CC1. The minimum atomic E-state index is -0.827. The second-order valence-electron chi connectivity index (χ2n) is 4.97. The lowest BCUT2D eigenvalue weighted by Gasteiger charge is -2.39. The van der Waals surface area contributed by atoms with Crippen LogP contribution in [0.4, 0.5) is 0 Å². The molecular weight excluding hydrogens is 269 g/mol. The van der Waals surface area contributed by atoms with E-state index < -0.39 is 5.60 Å². The third-order valence-electron chi connectivity index (χ3n) is 3.68. The van der Waals surface area contributed by atoms with Gasteiger partial charge in [-0.2, -0.15) is 0 Å². The highest BCUT2D eigenvalue weighted by Crippen LogP contribution is 2.39. The second-order valence-corrected chi connectivity index (χ2v) is 5.76. The normalized spacial score (nSPS) is 20.0. The van der Waals surface area contributed by atoms with Crippen molar-refractivity contribution in [3.05, 3.63) is 33.8 Å². The van der Waals surface area contributed by atoms with Gasteiger partial charge in [-0.05, 0) is 31.9 Å². The van der Waals surface area contributed by atoms with Crippen LogP contribution in [0.2, 0.25) is 10.0 Å². The molecule has 0 aliphatic carbocycles. The van der Waals surface area contributed by atoms with Gasteiger partial charge in [0.2, 0.25) is 0 Å². The highest BCUT2D eigenvalue weighted by molar-refractivity contribution is 6.42. The lowest BCUT2D eigenvalue weighted by molar-refractivity contribution is -0.0256. The van der Waals surface area contributed by atoms with Crippen molar-refractivity contribution in [3.63, 3.8) is 0 Å². The maximum atomic E-state index is 10.8. The molecule has 100 valence electrons. The largest absolute Gasteiger partial charge is 0.385 e. The van der Waals surface area contributed by atoms with Crippen LogP contribution in [0.15, 0.2) is 18.2 Å². The number of hydrogen-bond acceptors (Lipinski definition) is 2. The first-order chi connectivity index (χ1) is 8.57. The van der Waals surface area contributed by atoms with Gasteiger partial charge in [0.05, 0.1) is 15.6 Å². The van der Waals surface area contributed by atoms with Gasteiger partial charge in [0.1, 0.15) is 0 Å². The molecule has 18 heavy (non-hydrogen) atoms. The van der Waals surface area contributed by atoms with E-state index in [1.54, 1.807) is 6.07 Å². The van der Waals surface area contributed by atoms with Crippen LogP contribution in [0.25, 0.3) is 0 Å². The van der Waals surface area contributed by atoms with Crippen molar-refractivity contribution in [2.75, 3.05) is 19.6 Å². The highest BCUT2D eigenvalue weighted by atomic mass is 35.5. The van der Waals surface area contributed by atoms with Crippen LogP contribution < -0.4 is 0 Å². The maximum Gasteiger partial charge on any atom is 0.0935 e. The Balaban J connectivity index is 2.16. The Labute approximate surface area is 119 Å². The third kappa shape index (κ3) is 2.83. The fourth-order valence-corrected chi connectivity index (χ4v) is 3.07. The van der Waals surface area contributed by atoms with Crippen molar-refractivity contribution in [2.45, 2.75) is 31.8 Å². The van der Waals surface area contributed by atoms with Crippen LogP contribution in [0.5, 0.6) is 0 Å². The van der Waals surface area contributed by atoms with Crippen LogP contribution in [0, 0.1) is 0 Å². The maximum absolute atomic E-state index is 10.8. The molecule has 1 saturated heterocycles. The van der Waals surface area contributed by atoms with E-state index in [2.05, 4.69) is 11.8 Å². The van der Waals surface area contributed by atoms with E-state index in [0.29, 0.717) is 22.9 Å². The summed E-state index contributed by atoms with van der Waals surface area (Å²) in [4.78, 5) is 2.38. The zero-order valence-corrected chi connectivity index (χ0v) is 12.1. The van der Waals surface area contributed by atoms with E-state index in [1.807, 2.05) is 12.1 Å². The molecule has 1 fully saturated rings. The number of halogens is 2. The third-order valence-corrected chi connectivity index (χ3v) is 4.49. The van der Waals surface area contributed by atoms with E-state index in [1.165, 1.54) is 0 Å². The first kappa shape index (κ1) is 14.1. The number of nitrogens with zero attached hydrogens (tertiary/aromatic N) is 1. The predicted octanol–water partition coefficient (Wildman–Crippen LogP) is 3.69. The molecule has 0 amide bonds. The summed E-state index contributed by atoms with van der Waals surface area (Å²) in [5.41, 5.74) is -0.0560. The summed E-state index contributed by atoms with van der Waals surface area (Å²) < 4.78 is 0. The molecule has 1 aliphatic heterocycles. The Hall–Kier alpha value is -0.280. The van der Waals surface area contributed by atoms with Gasteiger partial charge in [0, 0.05) is 18.7 Å². The number of rotatable bonds is 3. The van der Waals surface area contributed by atoms with Gasteiger partial charge in [-0.15, -0.1) is 0 Å². The van der Waals surface area contributed by atoms with Crippen LogP contribution in [-0.2, 0) is 5.60 Å². The molecule has 0 saturated carbocycles. The molecule has 0 unspecified atom stereocenters. The molecule has 0 aromatic heterocycles. The van der Waals surface area contributed by atoms with Crippen LogP contribution in [0.3, 0.4) is 0 Å². The monoisotopic (exact) mass is 287 g/mol. The van der Waals surface area contributed by atoms with Crippen molar-refractivity contribution in [1.29, 1.82) is 0 Å². The van der Waals surface area contributed by atoms with Crippen molar-refractivity contribution < 1.29 is 5.11 Å². The number of aliphatic hydroxyl groups is 1. The minimum Gasteiger partial charge on any atom is -0.385 e. The molecule has 1 aromatic carbocycles. The van der Waals surface area contributed by atoms with E-state index in [0.717, 1.165) is 31.6 Å². The summed E-state index contributed by atoms with van der Waals surface area (Å²) in [5, 5.41) is 11.8. The van der Waals surface area contributed by atoms with Crippen LogP contribution in [0.1, 0.15) is 31.7 Å². The molecule has 0 spiro atoms. The van der Waals surface area contributed by atoms with Gasteiger partial charge in [-0.1, -0.05) is 42.3 Å². The molecule has 2 nitrogen and oxygen atoms in total. The van der Waals surface area contributed by atoms with Gasteiger partial charge in [0.15, 0.2) is 0 Å². The molecule has 0 bridgehead atoms. The van der Waals surface area contributed by atoms with E-state index in [9.17, 15) is 5.11 Å². The molecule has 0 radical (unpaired) electrons. The zero-order valence-electron chi connectivity index (χ0n) is 10.6. The summed E-state index contributed by atoms with van der Waals surface area (Å²) in [6, 6.07) is 5.48. The first-order valence-corrected chi connectivity index (χ1v) is 7.21. The molecule has 2 rings (SSSR count). The number of benzene rings is 1. The molecule has 1 heterocycles. The second kappa shape index (κ2) is 5.79. The standard InChI is InChI=1S/C14H19Cl2NO/c1-2-8-17-9-6-14(18,7-10-17)11-4-3-5-12(15)13(11)16/h3-5,18H,2,6-10H2,1H3. The van der Waals surface area contributed by atoms with Crippen molar-refractivity contribution in [2.24, 2.45) is 0 Å². The molecular formula is C14H19Cl2NO. The molecule has 1 aliphatic rings. The van der Waals surface area contributed by atoms with Gasteiger partial charge in [-0.25, -0.2) is 0 Å². The lowest BCUT2D eigenvalue weighted by Crippen LogP contribution is -2.42. The van der Waals surface area contributed by atoms with Crippen molar-refractivity contribution in [3.8, 4) is 0 Å². The average molecular weight is 288 g/mol. The van der Waals surface area contributed by atoms with Crippen molar-refractivity contribution in [1.82, 2.24) is 4.90 Å². The average Bonchev–Trinajstić information content (AvgIpc) is 2.36. The summed E-state index contributed by atoms with van der Waals surface area (Å²) in [6.07, 6.45) is 2.58. The van der Waals surface area contributed by atoms with Crippen LogP contribution in [-0.4, -0.2) is 29.6 Å². The molecule has 4 heteroatoms. The number of piperidine rings is 1. The number of likely N-dealkylation sites (tertiary alicyclic amines) is 1. The first-order valence-electron chi connectivity index (χ1n) is 6.46. The summed E-state index contributed by atoms with van der Waals surface area (Å²) in [5.74, 6) is 0. The number of hydrogen-bond donors (Lipinski definition) is 1. The Morgan fingerprint density at radius 3 is 2.56 bits per heavy atom. The Morgan fingerprint density at radius 2 is 1.94 bits per heavy atom. The van der Waals surface area contributed by atoms with E-state index in [-0.39, 0.29) is 0 Å². The fourth-order valence-electron chi connectivity index (χ4n) is 2.60. The highest BCUT2D eigenvalue weighted by Gasteiger charge is 2.35. The predicted molar refractivity (Wildman–Crippen MR) is 76.3 cm³/mol. The Kier molecular flexibility index (Phi) is 4.54. The smallest absolute Gasteiger partial charge is 0.0935 e. The quantitative estimate of drug-likeness (QED) is 0.917. The molecule has 0 atom stereocenters. The molecule has 1 N–H and O–H groups in total. The van der Waals surface area contributed by atoms with E-state index in [4.69, 9.17) is 23.2 Å². The molecule has 1 aromatic rings. The van der Waals surface area contributed by atoms with Gasteiger partial charge >= 0.3 is 0 Å². The van der Waals surface area contributed by atoms with Crippen LogP contribution >= 0.6 is 23.2 Å². The van der Waals surface area contributed by atoms with Gasteiger partial charge in [-0.3, -0.25) is 0 Å². The fraction of sp³-hybridized carbons (Fsp3) is 0.571. The minimum absolute atomic E-state index is 0.491. The summed E-state index contributed by atoms with van der Waals surface area (Å²) in [7, 11) is 0. The lowest BCUT2D eigenvalue weighted by atomic mass is 9.84. The van der Waals surface area contributed by atoms with Crippen molar-refractivity contribution >= 4 is 23.2 Å². The Morgan fingerprint density at radius 1 is 1.28 bits per heavy atom. The van der Waals surface area contributed by atoms with E-state index >= 15 is 0 Å². The zero-order chi connectivity index (χ0) is 13.2. The summed E-state index contributed by atoms with van der Waals surface area (Å²) in [6.45, 7) is 5.09. The Bertz CT molecular complexity index is 414. The van der Waals surface area contributed by atoms with Gasteiger partial charge < -0.3 is 10.0 Å². The topological polar surface area (TPSA) is 23.5 Å².